The summed E-state index contributed by atoms with van der Waals surface area (Å²) in [5, 5.41) is 2.70. The number of carbonyl (C=O) groups is 1. The summed E-state index contributed by atoms with van der Waals surface area (Å²) in [5.74, 6) is -0.348. The third-order valence-electron chi connectivity index (χ3n) is 2.82. The fourth-order valence-electron chi connectivity index (χ4n) is 1.71. The third-order valence-corrected chi connectivity index (χ3v) is 3.93. The lowest BCUT2D eigenvalue weighted by Crippen LogP contribution is -2.14. The van der Waals surface area contributed by atoms with Gasteiger partial charge < -0.3 is 5.32 Å². The Morgan fingerprint density at radius 3 is 2.40 bits per heavy atom. The molecule has 0 unspecified atom stereocenters. The molecule has 0 atom stereocenters. The maximum Gasteiger partial charge on any atom is 0.255 e. The molecule has 20 heavy (non-hydrogen) atoms. The summed E-state index contributed by atoms with van der Waals surface area (Å²) in [4.78, 5) is 16.2. The second-order valence-electron chi connectivity index (χ2n) is 4.44. The van der Waals surface area contributed by atoms with E-state index in [0.29, 0.717) is 16.8 Å². The summed E-state index contributed by atoms with van der Waals surface area (Å²) < 4.78 is 23.1. The van der Waals surface area contributed by atoms with Crippen molar-refractivity contribution in [2.45, 2.75) is 11.8 Å². The molecule has 5 nitrogen and oxygen atoms in total. The number of nitrogens with zero attached hydrogens (tertiary/aromatic N) is 1. The van der Waals surface area contributed by atoms with Gasteiger partial charge in [-0.15, -0.1) is 0 Å². The highest BCUT2D eigenvalue weighted by Gasteiger charge is 2.14. The maximum atomic E-state index is 12.2. The monoisotopic (exact) mass is 290 g/mol. The molecule has 1 aromatic heterocycles. The minimum absolute atomic E-state index is 0.128. The standard InChI is InChI=1S/C14H14N2O3S/c1-10-3-4-12(20(2,18)19)9-13(10)14(17)16-11-5-7-15-8-6-11/h3-9H,1-2H3,(H,15,16,17). The van der Waals surface area contributed by atoms with Gasteiger partial charge in [0.15, 0.2) is 9.84 Å². The number of anilines is 1. The van der Waals surface area contributed by atoms with Crippen LogP contribution in [0.25, 0.3) is 0 Å². The molecule has 0 saturated heterocycles. The van der Waals surface area contributed by atoms with E-state index in [2.05, 4.69) is 10.3 Å². The molecule has 1 N–H and O–H groups in total. The fraction of sp³-hybridized carbons (Fsp3) is 0.143. The average Bonchev–Trinajstić information content (AvgIpc) is 2.39. The number of hydrogen-bond donors (Lipinski definition) is 1. The highest BCUT2D eigenvalue weighted by atomic mass is 32.2. The van der Waals surface area contributed by atoms with E-state index >= 15 is 0 Å². The van der Waals surface area contributed by atoms with Crippen LogP contribution < -0.4 is 5.32 Å². The van der Waals surface area contributed by atoms with E-state index in [9.17, 15) is 13.2 Å². The van der Waals surface area contributed by atoms with Crippen LogP contribution in [-0.4, -0.2) is 25.6 Å². The predicted octanol–water partition coefficient (Wildman–Crippen LogP) is 2.05. The van der Waals surface area contributed by atoms with Crippen LogP contribution in [-0.2, 0) is 9.84 Å². The predicted molar refractivity (Wildman–Crippen MR) is 76.5 cm³/mol. The molecule has 0 saturated carbocycles. The molecule has 6 heteroatoms. The number of aromatic nitrogens is 1. The van der Waals surface area contributed by atoms with Crippen LogP contribution in [0.3, 0.4) is 0 Å². The molecule has 0 fully saturated rings. The number of nitrogens with one attached hydrogen (secondary N) is 1. The summed E-state index contributed by atoms with van der Waals surface area (Å²) >= 11 is 0. The highest BCUT2D eigenvalue weighted by molar-refractivity contribution is 7.90. The minimum Gasteiger partial charge on any atom is -0.322 e. The van der Waals surface area contributed by atoms with E-state index in [-0.39, 0.29) is 10.8 Å². The van der Waals surface area contributed by atoms with Crippen LogP contribution in [0, 0.1) is 6.92 Å². The Morgan fingerprint density at radius 1 is 1.15 bits per heavy atom. The zero-order valence-electron chi connectivity index (χ0n) is 11.1. The lowest BCUT2D eigenvalue weighted by atomic mass is 10.1. The lowest BCUT2D eigenvalue weighted by Gasteiger charge is -2.09. The minimum atomic E-state index is -3.34. The second kappa shape index (κ2) is 5.42. The third kappa shape index (κ3) is 3.21. The molecule has 1 aromatic carbocycles. The molecule has 104 valence electrons. The quantitative estimate of drug-likeness (QED) is 0.938. The summed E-state index contributed by atoms with van der Waals surface area (Å²) in [6, 6.07) is 7.83. The Balaban J connectivity index is 2.35. The topological polar surface area (TPSA) is 76.1 Å². The molecule has 0 radical (unpaired) electrons. The van der Waals surface area contributed by atoms with Crippen molar-refractivity contribution >= 4 is 21.4 Å². The van der Waals surface area contributed by atoms with Gasteiger partial charge in [0, 0.05) is 29.9 Å². The van der Waals surface area contributed by atoms with Crippen molar-refractivity contribution in [3.05, 3.63) is 53.9 Å². The van der Waals surface area contributed by atoms with Crippen LogP contribution in [0.1, 0.15) is 15.9 Å². The number of rotatable bonds is 3. The number of sulfone groups is 1. The molecule has 0 aliphatic rings. The van der Waals surface area contributed by atoms with Crippen molar-refractivity contribution in [3.63, 3.8) is 0 Å². The second-order valence-corrected chi connectivity index (χ2v) is 6.45. The molecule has 0 spiro atoms. The van der Waals surface area contributed by atoms with Gasteiger partial charge in [0.25, 0.3) is 5.91 Å². The van der Waals surface area contributed by atoms with Crippen molar-refractivity contribution in [1.82, 2.24) is 4.98 Å². The number of aryl methyl sites for hydroxylation is 1. The first-order chi connectivity index (χ1) is 9.38. The number of amides is 1. The Morgan fingerprint density at radius 2 is 1.80 bits per heavy atom. The number of benzene rings is 1. The first-order valence-corrected chi connectivity index (χ1v) is 7.79. The van der Waals surface area contributed by atoms with E-state index in [1.54, 1.807) is 37.5 Å². The Hall–Kier alpha value is -2.21. The van der Waals surface area contributed by atoms with Gasteiger partial charge in [0.05, 0.1) is 4.90 Å². The van der Waals surface area contributed by atoms with Crippen molar-refractivity contribution in [2.24, 2.45) is 0 Å². The van der Waals surface area contributed by atoms with Crippen molar-refractivity contribution in [1.29, 1.82) is 0 Å². The average molecular weight is 290 g/mol. The van der Waals surface area contributed by atoms with E-state index in [1.807, 2.05) is 0 Å². The van der Waals surface area contributed by atoms with Crippen LogP contribution >= 0.6 is 0 Å². The van der Waals surface area contributed by atoms with Crippen molar-refractivity contribution in [3.8, 4) is 0 Å². The fourth-order valence-corrected chi connectivity index (χ4v) is 2.36. The summed E-state index contributed by atoms with van der Waals surface area (Å²) in [5.41, 5.74) is 1.66. The summed E-state index contributed by atoms with van der Waals surface area (Å²) in [6.07, 6.45) is 4.24. The zero-order valence-corrected chi connectivity index (χ0v) is 11.9. The number of pyridine rings is 1. The van der Waals surface area contributed by atoms with E-state index < -0.39 is 9.84 Å². The molecule has 2 rings (SSSR count). The van der Waals surface area contributed by atoms with Gasteiger partial charge in [-0.25, -0.2) is 8.42 Å². The maximum absolute atomic E-state index is 12.2. The van der Waals surface area contributed by atoms with Gasteiger partial charge in [0.1, 0.15) is 0 Å². The van der Waals surface area contributed by atoms with Crippen LogP contribution in [0.4, 0.5) is 5.69 Å². The van der Waals surface area contributed by atoms with Crippen molar-refractivity contribution in [2.75, 3.05) is 11.6 Å². The van der Waals surface area contributed by atoms with Gasteiger partial charge in [-0.3, -0.25) is 9.78 Å². The first-order valence-electron chi connectivity index (χ1n) is 5.90. The molecule has 0 bridgehead atoms. The van der Waals surface area contributed by atoms with E-state index in [4.69, 9.17) is 0 Å². The Bertz CT molecular complexity index is 740. The molecular weight excluding hydrogens is 276 g/mol. The van der Waals surface area contributed by atoms with Gasteiger partial charge in [-0.05, 0) is 36.8 Å². The number of carbonyl (C=O) groups excluding carboxylic acids is 1. The summed E-state index contributed by atoms with van der Waals surface area (Å²) in [7, 11) is -3.34. The lowest BCUT2D eigenvalue weighted by molar-refractivity contribution is 0.102. The van der Waals surface area contributed by atoms with Crippen LogP contribution in [0.5, 0.6) is 0 Å². The van der Waals surface area contributed by atoms with E-state index in [0.717, 1.165) is 6.26 Å². The Labute approximate surface area is 117 Å². The van der Waals surface area contributed by atoms with E-state index in [1.165, 1.54) is 12.1 Å². The zero-order chi connectivity index (χ0) is 14.8. The molecule has 0 aliphatic carbocycles. The van der Waals surface area contributed by atoms with Gasteiger partial charge in [-0.1, -0.05) is 6.07 Å². The van der Waals surface area contributed by atoms with Gasteiger partial charge >= 0.3 is 0 Å². The molecular formula is C14H14N2O3S. The first kappa shape index (κ1) is 14.2. The van der Waals surface area contributed by atoms with Gasteiger partial charge in [-0.2, -0.15) is 0 Å². The SMILES string of the molecule is Cc1ccc(S(C)(=O)=O)cc1C(=O)Nc1ccncc1. The largest absolute Gasteiger partial charge is 0.322 e. The van der Waals surface area contributed by atoms with Crippen LogP contribution in [0.15, 0.2) is 47.6 Å². The van der Waals surface area contributed by atoms with Crippen molar-refractivity contribution < 1.29 is 13.2 Å². The van der Waals surface area contributed by atoms with Crippen LogP contribution in [0.2, 0.25) is 0 Å². The van der Waals surface area contributed by atoms with Gasteiger partial charge in [0.2, 0.25) is 0 Å². The number of hydrogen-bond acceptors (Lipinski definition) is 4. The smallest absolute Gasteiger partial charge is 0.255 e. The summed E-state index contributed by atoms with van der Waals surface area (Å²) in [6.45, 7) is 1.76. The molecule has 0 aliphatic heterocycles. The molecule has 1 heterocycles. The Kier molecular flexibility index (Phi) is 3.85. The molecule has 2 aromatic rings. The highest BCUT2D eigenvalue weighted by Crippen LogP contribution is 2.17. The normalized spacial score (nSPS) is 11.1. The molecule has 1 amide bonds.